The summed E-state index contributed by atoms with van der Waals surface area (Å²) < 4.78 is 2.62. The van der Waals surface area contributed by atoms with Gasteiger partial charge in [0.15, 0.2) is 0 Å². The molecule has 0 saturated heterocycles. The number of hydrogen-bond donors (Lipinski definition) is 0. The van der Waals surface area contributed by atoms with Crippen LogP contribution in [0.15, 0.2) is 60.7 Å². The Hall–Kier alpha value is -2.83. The molecule has 0 aliphatic rings. The number of nitriles is 1. The maximum atomic E-state index is 9.49. The van der Waals surface area contributed by atoms with Gasteiger partial charge in [0.1, 0.15) is 6.07 Å². The van der Waals surface area contributed by atoms with E-state index >= 15 is 0 Å². The van der Waals surface area contributed by atoms with Crippen LogP contribution >= 0.6 is 11.3 Å². The minimum absolute atomic E-state index is 0.0971. The van der Waals surface area contributed by atoms with Gasteiger partial charge in [0, 0.05) is 22.5 Å². The predicted molar refractivity (Wildman–Crippen MR) is 117 cm³/mol. The molecule has 3 heteroatoms. The molecular formula is C24H22N2S. The fourth-order valence-electron chi connectivity index (χ4n) is 3.65. The molecule has 1 aromatic heterocycles. The molecule has 0 N–H and O–H groups in total. The first-order valence-corrected chi connectivity index (χ1v) is 9.91. The number of fused-ring (bicyclic) bond motifs is 3. The zero-order valence-corrected chi connectivity index (χ0v) is 16.9. The molecule has 0 amide bonds. The SMILES string of the molecule is CN(c1ccccc1C#N)c1cccc2c1sc1c(C(C)(C)C)cccc12. The van der Waals surface area contributed by atoms with Gasteiger partial charge >= 0.3 is 0 Å². The average molecular weight is 371 g/mol. The fraction of sp³-hybridized carbons (Fsp3) is 0.208. The summed E-state index contributed by atoms with van der Waals surface area (Å²) in [7, 11) is 2.04. The summed E-state index contributed by atoms with van der Waals surface area (Å²) >= 11 is 1.85. The second-order valence-corrected chi connectivity index (χ2v) is 8.90. The molecule has 0 saturated carbocycles. The van der Waals surface area contributed by atoms with Crippen molar-refractivity contribution in [2.45, 2.75) is 26.2 Å². The van der Waals surface area contributed by atoms with E-state index in [1.54, 1.807) is 0 Å². The molecule has 0 fully saturated rings. The van der Waals surface area contributed by atoms with E-state index < -0.39 is 0 Å². The van der Waals surface area contributed by atoms with Crippen molar-refractivity contribution in [1.29, 1.82) is 5.26 Å². The summed E-state index contributed by atoms with van der Waals surface area (Å²) in [5.41, 5.74) is 4.23. The Morgan fingerprint density at radius 2 is 1.44 bits per heavy atom. The van der Waals surface area contributed by atoms with Crippen LogP contribution in [0, 0.1) is 11.3 Å². The van der Waals surface area contributed by atoms with Gasteiger partial charge < -0.3 is 4.90 Å². The maximum absolute atomic E-state index is 9.49. The quantitative estimate of drug-likeness (QED) is 0.380. The largest absolute Gasteiger partial charge is 0.342 e. The highest BCUT2D eigenvalue weighted by Crippen LogP contribution is 2.44. The Bertz CT molecular complexity index is 1190. The van der Waals surface area contributed by atoms with Crippen LogP contribution in [0.3, 0.4) is 0 Å². The molecule has 1 heterocycles. The number of hydrogen-bond acceptors (Lipinski definition) is 3. The lowest BCUT2D eigenvalue weighted by Gasteiger charge is -2.21. The van der Waals surface area contributed by atoms with Gasteiger partial charge in [0.05, 0.1) is 21.6 Å². The van der Waals surface area contributed by atoms with E-state index in [4.69, 9.17) is 0 Å². The monoisotopic (exact) mass is 370 g/mol. The van der Waals surface area contributed by atoms with E-state index in [0.717, 1.165) is 11.4 Å². The van der Waals surface area contributed by atoms with Gasteiger partial charge in [-0.15, -0.1) is 11.3 Å². The number of thiophene rings is 1. The van der Waals surface area contributed by atoms with Crippen LogP contribution in [-0.4, -0.2) is 7.05 Å². The first-order chi connectivity index (χ1) is 12.9. The Morgan fingerprint density at radius 3 is 2.15 bits per heavy atom. The third-order valence-corrected chi connectivity index (χ3v) is 6.34. The topological polar surface area (TPSA) is 27.0 Å². The standard InChI is InChI=1S/C24H22N2S/c1-24(2,3)19-12-7-10-17-18-11-8-14-21(23(18)27-22(17)19)26(4)20-13-6-5-9-16(20)15-25/h5-14H,1-4H3. The smallest absolute Gasteiger partial charge is 0.101 e. The van der Waals surface area contributed by atoms with Crippen LogP contribution in [0.2, 0.25) is 0 Å². The van der Waals surface area contributed by atoms with E-state index in [1.165, 1.54) is 25.7 Å². The lowest BCUT2D eigenvalue weighted by Crippen LogP contribution is -2.11. The van der Waals surface area contributed by atoms with Crippen molar-refractivity contribution in [3.63, 3.8) is 0 Å². The maximum Gasteiger partial charge on any atom is 0.101 e. The van der Waals surface area contributed by atoms with E-state index in [2.05, 4.69) is 68.1 Å². The Balaban J connectivity index is 1.99. The molecule has 0 atom stereocenters. The lowest BCUT2D eigenvalue weighted by atomic mass is 9.86. The summed E-state index contributed by atoms with van der Waals surface area (Å²) in [6.07, 6.45) is 0. The highest BCUT2D eigenvalue weighted by Gasteiger charge is 2.21. The Labute approximate surface area is 164 Å². The number of nitrogens with zero attached hydrogens (tertiary/aromatic N) is 2. The molecular weight excluding hydrogens is 348 g/mol. The molecule has 4 rings (SSSR count). The highest BCUT2D eigenvalue weighted by atomic mass is 32.1. The third kappa shape index (κ3) is 2.87. The predicted octanol–water partition coefficient (Wildman–Crippen LogP) is 6.99. The van der Waals surface area contributed by atoms with Gasteiger partial charge in [-0.05, 0) is 29.2 Å². The highest BCUT2D eigenvalue weighted by molar-refractivity contribution is 7.26. The number of para-hydroxylation sites is 1. The second-order valence-electron chi connectivity index (χ2n) is 7.88. The lowest BCUT2D eigenvalue weighted by molar-refractivity contribution is 0.597. The second kappa shape index (κ2) is 6.40. The first kappa shape index (κ1) is 17.6. The summed E-state index contributed by atoms with van der Waals surface area (Å²) in [5, 5.41) is 12.1. The van der Waals surface area contributed by atoms with Gasteiger partial charge in [-0.3, -0.25) is 0 Å². The zero-order chi connectivity index (χ0) is 19.2. The van der Waals surface area contributed by atoms with Crippen molar-refractivity contribution in [3.8, 4) is 6.07 Å². The van der Waals surface area contributed by atoms with E-state index in [1.807, 2.05) is 42.6 Å². The van der Waals surface area contributed by atoms with Crippen molar-refractivity contribution < 1.29 is 0 Å². The van der Waals surface area contributed by atoms with Gasteiger partial charge in [-0.25, -0.2) is 0 Å². The molecule has 2 nitrogen and oxygen atoms in total. The van der Waals surface area contributed by atoms with Crippen LogP contribution in [-0.2, 0) is 5.41 Å². The molecule has 0 spiro atoms. The molecule has 27 heavy (non-hydrogen) atoms. The van der Waals surface area contributed by atoms with Gasteiger partial charge in [-0.1, -0.05) is 63.2 Å². The normalized spacial score (nSPS) is 11.7. The summed E-state index contributed by atoms with van der Waals surface area (Å²) in [4.78, 5) is 2.13. The van der Waals surface area contributed by atoms with Crippen LogP contribution in [0.1, 0.15) is 31.9 Å². The van der Waals surface area contributed by atoms with Crippen LogP contribution in [0.25, 0.3) is 20.2 Å². The summed E-state index contributed by atoms with van der Waals surface area (Å²) in [6, 6.07) is 23.2. The summed E-state index contributed by atoms with van der Waals surface area (Å²) in [5.74, 6) is 0. The van der Waals surface area contributed by atoms with Crippen LogP contribution in [0.4, 0.5) is 11.4 Å². The minimum Gasteiger partial charge on any atom is -0.342 e. The Morgan fingerprint density at radius 1 is 0.815 bits per heavy atom. The van der Waals surface area contributed by atoms with E-state index in [9.17, 15) is 5.26 Å². The van der Waals surface area contributed by atoms with Crippen molar-refractivity contribution in [2.24, 2.45) is 0 Å². The minimum atomic E-state index is 0.0971. The van der Waals surface area contributed by atoms with E-state index in [0.29, 0.717) is 5.56 Å². The average Bonchev–Trinajstić information content (AvgIpc) is 3.05. The molecule has 0 radical (unpaired) electrons. The van der Waals surface area contributed by atoms with Crippen molar-refractivity contribution in [3.05, 3.63) is 71.8 Å². The molecule has 134 valence electrons. The van der Waals surface area contributed by atoms with Crippen molar-refractivity contribution in [1.82, 2.24) is 0 Å². The summed E-state index contributed by atoms with van der Waals surface area (Å²) in [6.45, 7) is 6.80. The Kier molecular flexibility index (Phi) is 4.17. The van der Waals surface area contributed by atoms with Crippen LogP contribution < -0.4 is 4.90 Å². The molecule has 0 unspecified atom stereocenters. The van der Waals surface area contributed by atoms with Crippen molar-refractivity contribution in [2.75, 3.05) is 11.9 Å². The third-order valence-electron chi connectivity index (χ3n) is 5.06. The van der Waals surface area contributed by atoms with E-state index in [-0.39, 0.29) is 5.41 Å². The van der Waals surface area contributed by atoms with Crippen LogP contribution in [0.5, 0.6) is 0 Å². The molecule has 0 aliphatic heterocycles. The fourth-order valence-corrected chi connectivity index (χ4v) is 5.22. The zero-order valence-electron chi connectivity index (χ0n) is 16.1. The van der Waals surface area contributed by atoms with Gasteiger partial charge in [-0.2, -0.15) is 5.26 Å². The number of benzene rings is 3. The molecule has 0 bridgehead atoms. The van der Waals surface area contributed by atoms with Crippen molar-refractivity contribution >= 4 is 42.9 Å². The van der Waals surface area contributed by atoms with Gasteiger partial charge in [0.25, 0.3) is 0 Å². The molecule has 4 aromatic rings. The molecule has 0 aliphatic carbocycles. The number of anilines is 2. The van der Waals surface area contributed by atoms with Gasteiger partial charge in [0.2, 0.25) is 0 Å². The first-order valence-electron chi connectivity index (χ1n) is 9.09. The number of rotatable bonds is 2. The molecule has 3 aromatic carbocycles.